The van der Waals surface area contributed by atoms with Crippen LogP contribution in [-0.4, -0.2) is 39.0 Å². The highest BCUT2D eigenvalue weighted by Gasteiger charge is 2.46. The summed E-state index contributed by atoms with van der Waals surface area (Å²) in [6.07, 6.45) is 2.98. The van der Waals surface area contributed by atoms with Crippen LogP contribution in [0.3, 0.4) is 0 Å². The third-order valence-electron chi connectivity index (χ3n) is 6.75. The van der Waals surface area contributed by atoms with Crippen molar-refractivity contribution < 1.29 is 33.4 Å². The SMILES string of the molecule is CON=C1[C@H]2CCC[C@@H]1[C@H](c1ccc(OC(C)=O)c(OC)c1)N[C@@H]2c1ccc(OC(C)=O)c(OC)c1. The van der Waals surface area contributed by atoms with E-state index in [0.29, 0.717) is 23.0 Å². The first kappa shape index (κ1) is 25.5. The summed E-state index contributed by atoms with van der Waals surface area (Å²) < 4.78 is 21.6. The number of carbonyl (C=O) groups is 2. The molecule has 2 bridgehead atoms. The van der Waals surface area contributed by atoms with Crippen molar-refractivity contribution in [3.8, 4) is 23.0 Å². The van der Waals surface area contributed by atoms with Gasteiger partial charge in [0.25, 0.3) is 0 Å². The highest BCUT2D eigenvalue weighted by atomic mass is 16.6. The monoisotopic (exact) mass is 496 g/mol. The zero-order valence-corrected chi connectivity index (χ0v) is 21.2. The van der Waals surface area contributed by atoms with Crippen LogP contribution in [0, 0.1) is 11.8 Å². The second-order valence-corrected chi connectivity index (χ2v) is 8.97. The van der Waals surface area contributed by atoms with Gasteiger partial charge >= 0.3 is 11.9 Å². The Labute approximate surface area is 210 Å². The van der Waals surface area contributed by atoms with Crippen LogP contribution in [0.1, 0.15) is 56.3 Å². The lowest BCUT2D eigenvalue weighted by Gasteiger charge is -2.47. The van der Waals surface area contributed by atoms with E-state index in [2.05, 4.69) is 10.5 Å². The Morgan fingerprint density at radius 2 is 1.25 bits per heavy atom. The van der Waals surface area contributed by atoms with Gasteiger partial charge in [0.05, 0.1) is 19.9 Å². The number of fused-ring (bicyclic) bond motifs is 2. The van der Waals surface area contributed by atoms with Gasteiger partial charge in [-0.1, -0.05) is 23.7 Å². The number of nitrogens with zero attached hydrogens (tertiary/aromatic N) is 1. The van der Waals surface area contributed by atoms with Crippen LogP contribution in [0.2, 0.25) is 0 Å². The van der Waals surface area contributed by atoms with Crippen molar-refractivity contribution in [2.45, 2.75) is 45.2 Å². The Balaban J connectivity index is 1.75. The predicted octanol–water partition coefficient (Wildman–Crippen LogP) is 4.36. The molecule has 1 N–H and O–H groups in total. The maximum Gasteiger partial charge on any atom is 0.308 e. The number of oxime groups is 1. The van der Waals surface area contributed by atoms with Crippen molar-refractivity contribution in [3.05, 3.63) is 47.5 Å². The lowest BCUT2D eigenvalue weighted by molar-refractivity contribution is -0.132. The Hall–Kier alpha value is -3.59. The lowest BCUT2D eigenvalue weighted by Crippen LogP contribution is -2.50. The number of rotatable bonds is 7. The normalized spacial score (nSPS) is 24.1. The number of hydrogen-bond donors (Lipinski definition) is 1. The zero-order chi connectivity index (χ0) is 25.8. The Morgan fingerprint density at radius 3 is 1.64 bits per heavy atom. The number of esters is 2. The average Bonchev–Trinajstić information content (AvgIpc) is 2.84. The van der Waals surface area contributed by atoms with Gasteiger partial charge in [-0.25, -0.2) is 0 Å². The van der Waals surface area contributed by atoms with Gasteiger partial charge in [0, 0.05) is 37.8 Å². The second-order valence-electron chi connectivity index (χ2n) is 8.97. The molecule has 192 valence electrons. The van der Waals surface area contributed by atoms with Crippen molar-refractivity contribution in [1.29, 1.82) is 0 Å². The molecule has 36 heavy (non-hydrogen) atoms. The van der Waals surface area contributed by atoms with E-state index in [0.717, 1.165) is 36.1 Å². The number of methoxy groups -OCH3 is 2. The van der Waals surface area contributed by atoms with E-state index in [1.807, 2.05) is 24.3 Å². The molecule has 4 rings (SSSR count). The van der Waals surface area contributed by atoms with Gasteiger partial charge in [0.1, 0.15) is 7.11 Å². The van der Waals surface area contributed by atoms with Crippen LogP contribution in [0.25, 0.3) is 0 Å². The molecule has 0 aromatic heterocycles. The molecule has 0 unspecified atom stereocenters. The Morgan fingerprint density at radius 1 is 0.778 bits per heavy atom. The first-order valence-corrected chi connectivity index (χ1v) is 12.0. The fourth-order valence-corrected chi connectivity index (χ4v) is 5.36. The maximum atomic E-state index is 11.5. The first-order chi connectivity index (χ1) is 17.4. The molecule has 9 nitrogen and oxygen atoms in total. The van der Waals surface area contributed by atoms with E-state index in [9.17, 15) is 9.59 Å². The quantitative estimate of drug-likeness (QED) is 0.343. The highest BCUT2D eigenvalue weighted by Crippen LogP contribution is 2.48. The molecular weight excluding hydrogens is 464 g/mol. The summed E-state index contributed by atoms with van der Waals surface area (Å²) in [5.74, 6) is 1.16. The maximum absolute atomic E-state index is 11.5. The van der Waals surface area contributed by atoms with Crippen LogP contribution in [0.4, 0.5) is 0 Å². The lowest BCUT2D eigenvalue weighted by atomic mass is 9.67. The summed E-state index contributed by atoms with van der Waals surface area (Å²) in [4.78, 5) is 28.3. The van der Waals surface area contributed by atoms with Gasteiger partial charge in [0.2, 0.25) is 0 Å². The minimum absolute atomic E-state index is 0.0835. The molecule has 0 radical (unpaired) electrons. The van der Waals surface area contributed by atoms with Gasteiger partial charge in [-0.05, 0) is 48.2 Å². The molecule has 1 heterocycles. The standard InChI is InChI=1S/C27H32N2O7/c1-15(30)35-21-11-9-17(13-23(21)32-3)25-19-7-6-8-20(27(19)29-34-5)26(28-25)18-10-12-22(36-16(2)31)24(14-18)33-4/h9-14,19-20,25-26,28H,6-8H2,1-5H3/t19-,20+,25+,26-. The van der Waals surface area contributed by atoms with E-state index in [1.165, 1.54) is 13.8 Å². The summed E-state index contributed by atoms with van der Waals surface area (Å²) in [5.41, 5.74) is 3.00. The largest absolute Gasteiger partial charge is 0.493 e. The van der Waals surface area contributed by atoms with Crippen LogP contribution in [-0.2, 0) is 14.4 Å². The molecule has 2 aromatic rings. The number of ether oxygens (including phenoxy) is 4. The van der Waals surface area contributed by atoms with Gasteiger partial charge in [-0.2, -0.15) is 0 Å². The molecule has 9 heteroatoms. The predicted molar refractivity (Wildman–Crippen MR) is 132 cm³/mol. The number of piperidine rings is 1. The molecule has 2 aliphatic rings. The number of hydrogen-bond acceptors (Lipinski definition) is 9. The van der Waals surface area contributed by atoms with Crippen LogP contribution in [0.5, 0.6) is 23.0 Å². The molecule has 1 aliphatic carbocycles. The van der Waals surface area contributed by atoms with Gasteiger partial charge in [-0.3, -0.25) is 9.59 Å². The number of nitrogens with one attached hydrogen (secondary N) is 1. The molecule has 2 aromatic carbocycles. The highest BCUT2D eigenvalue weighted by molar-refractivity contribution is 5.91. The zero-order valence-electron chi connectivity index (χ0n) is 21.2. The van der Waals surface area contributed by atoms with Crippen molar-refractivity contribution in [1.82, 2.24) is 5.32 Å². The minimum atomic E-state index is -0.410. The van der Waals surface area contributed by atoms with Crippen molar-refractivity contribution in [2.75, 3.05) is 21.3 Å². The molecule has 1 saturated heterocycles. The summed E-state index contributed by atoms with van der Waals surface area (Å²) in [7, 11) is 4.67. The molecular formula is C27H32N2O7. The Bertz CT molecular complexity index is 1080. The minimum Gasteiger partial charge on any atom is -0.493 e. The van der Waals surface area contributed by atoms with Crippen LogP contribution < -0.4 is 24.3 Å². The van der Waals surface area contributed by atoms with E-state index in [4.69, 9.17) is 23.8 Å². The third kappa shape index (κ3) is 5.16. The molecule has 1 saturated carbocycles. The van der Waals surface area contributed by atoms with Gasteiger partial charge in [-0.15, -0.1) is 0 Å². The van der Waals surface area contributed by atoms with Crippen molar-refractivity contribution >= 4 is 17.7 Å². The molecule has 4 atom stereocenters. The van der Waals surface area contributed by atoms with E-state index < -0.39 is 11.9 Å². The Kier molecular flexibility index (Phi) is 7.79. The fraction of sp³-hybridized carbons (Fsp3) is 0.444. The van der Waals surface area contributed by atoms with Gasteiger partial charge < -0.3 is 29.1 Å². The summed E-state index contributed by atoms with van der Waals surface area (Å²) >= 11 is 0. The third-order valence-corrected chi connectivity index (χ3v) is 6.75. The number of carbonyl (C=O) groups excluding carboxylic acids is 2. The fourth-order valence-electron chi connectivity index (χ4n) is 5.36. The van der Waals surface area contributed by atoms with E-state index >= 15 is 0 Å². The average molecular weight is 497 g/mol. The second kappa shape index (κ2) is 11.0. The van der Waals surface area contributed by atoms with E-state index in [-0.39, 0.29) is 23.9 Å². The van der Waals surface area contributed by atoms with Crippen LogP contribution in [0.15, 0.2) is 41.6 Å². The molecule has 1 aliphatic heterocycles. The van der Waals surface area contributed by atoms with Gasteiger partial charge in [0.15, 0.2) is 23.0 Å². The molecule has 0 amide bonds. The summed E-state index contributed by atoms with van der Waals surface area (Å²) in [5, 5.41) is 8.33. The van der Waals surface area contributed by atoms with E-state index in [1.54, 1.807) is 33.5 Å². The van der Waals surface area contributed by atoms with Crippen molar-refractivity contribution in [2.24, 2.45) is 17.0 Å². The van der Waals surface area contributed by atoms with Crippen molar-refractivity contribution in [3.63, 3.8) is 0 Å². The molecule has 0 spiro atoms. The number of benzene rings is 2. The summed E-state index contributed by atoms with van der Waals surface area (Å²) in [6, 6.07) is 11.0. The molecule has 2 fully saturated rings. The smallest absolute Gasteiger partial charge is 0.308 e. The van der Waals surface area contributed by atoms with Crippen LogP contribution >= 0.6 is 0 Å². The topological polar surface area (TPSA) is 105 Å². The first-order valence-electron chi connectivity index (χ1n) is 12.0. The summed E-state index contributed by atoms with van der Waals surface area (Å²) in [6.45, 7) is 2.72.